The van der Waals surface area contributed by atoms with Crippen molar-refractivity contribution < 1.29 is 4.92 Å². The van der Waals surface area contributed by atoms with Gasteiger partial charge in [0.1, 0.15) is 5.15 Å². The summed E-state index contributed by atoms with van der Waals surface area (Å²) in [5, 5.41) is 11.4. The van der Waals surface area contributed by atoms with Gasteiger partial charge in [-0.25, -0.2) is 4.98 Å². The van der Waals surface area contributed by atoms with E-state index in [4.69, 9.17) is 11.6 Å². The van der Waals surface area contributed by atoms with Gasteiger partial charge in [-0.05, 0) is 0 Å². The van der Waals surface area contributed by atoms with Crippen molar-refractivity contribution in [2.75, 3.05) is 19.0 Å². The minimum absolute atomic E-state index is 0.0471. The van der Waals surface area contributed by atoms with Gasteiger partial charge in [-0.3, -0.25) is 10.1 Å². The fourth-order valence-electron chi connectivity index (χ4n) is 0.825. The number of hydrogen-bond acceptors (Lipinski definition) is 5. The molecule has 0 fully saturated rings. The van der Waals surface area contributed by atoms with Crippen molar-refractivity contribution in [1.82, 2.24) is 4.98 Å². The molecule has 0 saturated heterocycles. The summed E-state index contributed by atoms with van der Waals surface area (Å²) in [6, 6.07) is 0. The van der Waals surface area contributed by atoms with E-state index in [9.17, 15) is 10.1 Å². The highest BCUT2D eigenvalue weighted by Crippen LogP contribution is 2.30. The molecule has 0 N–H and O–H groups in total. The highest BCUT2D eigenvalue weighted by molar-refractivity contribution is 7.17. The van der Waals surface area contributed by atoms with Crippen molar-refractivity contribution in [1.29, 1.82) is 0 Å². The van der Waals surface area contributed by atoms with Crippen molar-refractivity contribution in [3.8, 4) is 0 Å². The third-order valence-electron chi connectivity index (χ3n) is 1.61. The van der Waals surface area contributed by atoms with Crippen LogP contribution >= 0.6 is 22.9 Å². The zero-order valence-electron chi connectivity index (χ0n) is 8.52. The number of aromatic nitrogens is 1. The quantitative estimate of drug-likeness (QED) is 0.608. The van der Waals surface area contributed by atoms with E-state index in [1.54, 1.807) is 4.90 Å². The van der Waals surface area contributed by atoms with Crippen LogP contribution in [0.1, 0.15) is 11.8 Å². The third kappa shape index (κ3) is 2.90. The van der Waals surface area contributed by atoms with Crippen LogP contribution in [0, 0.1) is 10.1 Å². The van der Waals surface area contributed by atoms with Crippen LogP contribution in [0.3, 0.4) is 0 Å². The van der Waals surface area contributed by atoms with Gasteiger partial charge in [-0.1, -0.05) is 22.9 Å². The average Bonchev–Trinajstić information content (AvgIpc) is 2.47. The second-order valence-corrected chi connectivity index (χ2v) is 4.46. The lowest BCUT2D eigenvalue weighted by molar-refractivity contribution is -0.422. The second-order valence-electron chi connectivity index (χ2n) is 3.09. The van der Waals surface area contributed by atoms with Crippen molar-refractivity contribution in [2.24, 2.45) is 0 Å². The largest absolute Gasteiger partial charge is 0.354 e. The summed E-state index contributed by atoms with van der Waals surface area (Å²) in [6.07, 6.45) is 1.42. The van der Waals surface area contributed by atoms with E-state index in [1.807, 2.05) is 14.1 Å². The summed E-state index contributed by atoms with van der Waals surface area (Å²) in [4.78, 5) is 16.4. The van der Waals surface area contributed by atoms with Gasteiger partial charge in [-0.2, -0.15) is 0 Å². The Morgan fingerprint density at radius 3 is 2.67 bits per heavy atom. The van der Waals surface area contributed by atoms with Gasteiger partial charge < -0.3 is 4.90 Å². The van der Waals surface area contributed by atoms with Gasteiger partial charge in [0, 0.05) is 27.1 Å². The molecule has 0 aromatic carbocycles. The summed E-state index contributed by atoms with van der Waals surface area (Å²) in [5.41, 5.74) is 0.0471. The number of rotatable bonds is 3. The van der Waals surface area contributed by atoms with Crippen molar-refractivity contribution >= 4 is 34.1 Å². The molecule has 1 aromatic heterocycles. The van der Waals surface area contributed by atoms with E-state index < -0.39 is 4.92 Å². The Hall–Kier alpha value is -1.14. The van der Waals surface area contributed by atoms with Crippen LogP contribution in [0.5, 0.6) is 0 Å². The SMILES string of the molecule is C/C(=C/c1sc(N(C)C)nc1Cl)[N+](=O)[O-]. The molecular formula is C8H10ClN3O2S. The molecule has 5 nitrogen and oxygen atoms in total. The van der Waals surface area contributed by atoms with Gasteiger partial charge in [0.05, 0.1) is 9.80 Å². The molecule has 0 bridgehead atoms. The third-order valence-corrected chi connectivity index (χ3v) is 3.18. The summed E-state index contributed by atoms with van der Waals surface area (Å²) >= 11 is 7.16. The molecule has 0 aliphatic rings. The van der Waals surface area contributed by atoms with Crippen molar-refractivity contribution in [2.45, 2.75) is 6.92 Å². The Morgan fingerprint density at radius 2 is 2.27 bits per heavy atom. The topological polar surface area (TPSA) is 59.3 Å². The molecule has 0 saturated carbocycles. The Kier molecular flexibility index (Phi) is 3.65. The molecule has 0 atom stereocenters. The number of hydrogen-bond donors (Lipinski definition) is 0. The highest BCUT2D eigenvalue weighted by Gasteiger charge is 2.11. The molecule has 0 amide bonds. The monoisotopic (exact) mass is 247 g/mol. The summed E-state index contributed by atoms with van der Waals surface area (Å²) in [6.45, 7) is 1.42. The molecule has 0 radical (unpaired) electrons. The van der Waals surface area contributed by atoms with Crippen molar-refractivity contribution in [3.63, 3.8) is 0 Å². The number of thiazole rings is 1. The lowest BCUT2D eigenvalue weighted by Gasteiger charge is -2.04. The molecular weight excluding hydrogens is 238 g/mol. The molecule has 1 aromatic rings. The first-order valence-corrected chi connectivity index (χ1v) is 5.27. The summed E-state index contributed by atoms with van der Waals surface area (Å²) in [7, 11) is 3.67. The van der Waals surface area contributed by atoms with Crippen LogP contribution in [-0.4, -0.2) is 24.0 Å². The molecule has 0 spiro atoms. The van der Waals surface area contributed by atoms with Crippen LogP contribution < -0.4 is 4.90 Å². The maximum atomic E-state index is 10.4. The molecule has 15 heavy (non-hydrogen) atoms. The Morgan fingerprint density at radius 1 is 1.67 bits per heavy atom. The lowest BCUT2D eigenvalue weighted by atomic mass is 10.4. The zero-order chi connectivity index (χ0) is 11.6. The van der Waals surface area contributed by atoms with E-state index in [1.165, 1.54) is 24.3 Å². The van der Waals surface area contributed by atoms with Gasteiger partial charge >= 0.3 is 0 Å². The first kappa shape index (κ1) is 11.9. The minimum Gasteiger partial charge on any atom is -0.354 e. The first-order valence-electron chi connectivity index (χ1n) is 4.08. The standard InChI is InChI=1S/C8H10ClN3O2S/c1-5(12(13)14)4-6-7(9)10-8(15-6)11(2)3/h4H,1-3H3/b5-4-. The Labute approximate surface area is 96.1 Å². The fraction of sp³-hybridized carbons (Fsp3) is 0.375. The lowest BCUT2D eigenvalue weighted by Crippen LogP contribution is -2.07. The van der Waals surface area contributed by atoms with E-state index in [0.717, 1.165) is 5.13 Å². The van der Waals surface area contributed by atoms with Gasteiger partial charge in [0.25, 0.3) is 0 Å². The van der Waals surface area contributed by atoms with Crippen LogP contribution in [0.2, 0.25) is 5.15 Å². The Balaban J connectivity index is 3.06. The zero-order valence-corrected chi connectivity index (χ0v) is 10.1. The maximum Gasteiger partial charge on any atom is 0.244 e. The first-order chi connectivity index (χ1) is 6.91. The van der Waals surface area contributed by atoms with Crippen LogP contribution in [0.25, 0.3) is 6.08 Å². The van der Waals surface area contributed by atoms with Gasteiger partial charge in [-0.15, -0.1) is 0 Å². The molecule has 0 aliphatic heterocycles. The van der Waals surface area contributed by atoms with E-state index in [2.05, 4.69) is 4.98 Å². The molecule has 82 valence electrons. The van der Waals surface area contributed by atoms with Gasteiger partial charge in [0.2, 0.25) is 5.70 Å². The normalized spacial score (nSPS) is 11.6. The molecule has 1 heterocycles. The highest BCUT2D eigenvalue weighted by atomic mass is 35.5. The number of nitro groups is 1. The molecule has 7 heteroatoms. The van der Waals surface area contributed by atoms with Crippen LogP contribution in [0.4, 0.5) is 5.13 Å². The maximum absolute atomic E-state index is 10.4. The van der Waals surface area contributed by atoms with E-state index in [-0.39, 0.29) is 5.70 Å². The number of anilines is 1. The molecule has 1 rings (SSSR count). The van der Waals surface area contributed by atoms with Crippen molar-refractivity contribution in [3.05, 3.63) is 25.8 Å². The predicted molar refractivity (Wildman–Crippen MR) is 62.1 cm³/mol. The summed E-state index contributed by atoms with van der Waals surface area (Å²) in [5.74, 6) is 0. The number of allylic oxidation sites excluding steroid dienone is 1. The molecule has 0 unspecified atom stereocenters. The summed E-state index contributed by atoms with van der Waals surface area (Å²) < 4.78 is 0. The van der Waals surface area contributed by atoms with Gasteiger partial charge in [0.15, 0.2) is 5.13 Å². The van der Waals surface area contributed by atoms with Crippen LogP contribution in [0.15, 0.2) is 5.70 Å². The smallest absolute Gasteiger partial charge is 0.244 e. The minimum atomic E-state index is -0.453. The van der Waals surface area contributed by atoms with Crippen LogP contribution in [-0.2, 0) is 0 Å². The fourth-order valence-corrected chi connectivity index (χ4v) is 2.00. The predicted octanol–water partition coefficient (Wildman–Crippen LogP) is 2.50. The second kappa shape index (κ2) is 4.59. The van der Waals surface area contributed by atoms with E-state index >= 15 is 0 Å². The Bertz CT molecular complexity index is 414. The molecule has 0 aliphatic carbocycles. The van der Waals surface area contributed by atoms with E-state index in [0.29, 0.717) is 10.0 Å². The number of halogens is 1. The average molecular weight is 248 g/mol. The number of nitrogens with zero attached hydrogens (tertiary/aromatic N) is 3.